The fourth-order valence-electron chi connectivity index (χ4n) is 2.36. The molecule has 9 nitrogen and oxygen atoms in total. The third kappa shape index (κ3) is 4.68. The molecule has 1 aromatic rings. The number of hydrogen-bond acceptors (Lipinski definition) is 7. The molecule has 0 bridgehead atoms. The van der Waals surface area contributed by atoms with Crippen LogP contribution in [-0.2, 0) is 4.79 Å². The number of ether oxygens (including phenoxy) is 1. The van der Waals surface area contributed by atoms with E-state index < -0.39 is 10.8 Å². The van der Waals surface area contributed by atoms with Gasteiger partial charge in [-0.1, -0.05) is 0 Å². The zero-order valence-electron chi connectivity index (χ0n) is 14.1. The molecule has 1 amide bonds. The first-order valence-electron chi connectivity index (χ1n) is 7.63. The van der Waals surface area contributed by atoms with Crippen LogP contribution in [0.1, 0.15) is 0 Å². The third-order valence-electron chi connectivity index (χ3n) is 3.86. The minimum absolute atomic E-state index is 0.0371. The van der Waals surface area contributed by atoms with Gasteiger partial charge in [-0.05, 0) is 13.1 Å². The lowest BCUT2D eigenvalue weighted by atomic mass is 10.2. The van der Waals surface area contributed by atoms with Gasteiger partial charge in [0, 0.05) is 38.4 Å². The number of amides is 1. The standard InChI is InChI=1S/C16H19N5O4/c1-19-5-7-20(8-6-19)11-12(10-17)16(22)18-14-4-3-13(21(23)24)9-15(14)25-2/h3-4,9,11H,5-8H2,1-2H3,(H,18,22)/b12-11-. The van der Waals surface area contributed by atoms with Crippen LogP contribution in [0.5, 0.6) is 5.75 Å². The van der Waals surface area contributed by atoms with Crippen LogP contribution in [0.2, 0.25) is 0 Å². The fourth-order valence-corrected chi connectivity index (χ4v) is 2.36. The number of nitro groups is 1. The summed E-state index contributed by atoms with van der Waals surface area (Å²) < 4.78 is 5.07. The molecule has 1 aromatic carbocycles. The molecule has 1 fully saturated rings. The molecule has 9 heteroatoms. The van der Waals surface area contributed by atoms with E-state index in [9.17, 15) is 20.2 Å². The van der Waals surface area contributed by atoms with Crippen molar-refractivity contribution in [3.63, 3.8) is 0 Å². The molecule has 2 rings (SSSR count). The molecule has 1 aliphatic rings. The maximum Gasteiger partial charge on any atom is 0.273 e. The van der Waals surface area contributed by atoms with E-state index in [0.717, 1.165) is 26.2 Å². The van der Waals surface area contributed by atoms with E-state index in [0.29, 0.717) is 0 Å². The van der Waals surface area contributed by atoms with Gasteiger partial charge >= 0.3 is 0 Å². The van der Waals surface area contributed by atoms with Crippen molar-refractivity contribution in [2.75, 3.05) is 45.7 Å². The topological polar surface area (TPSA) is 112 Å². The molecule has 1 aliphatic heterocycles. The molecule has 0 spiro atoms. The molecule has 0 unspecified atom stereocenters. The van der Waals surface area contributed by atoms with Crippen molar-refractivity contribution in [3.8, 4) is 11.8 Å². The Labute approximate surface area is 145 Å². The predicted octanol–water partition coefficient (Wildman–Crippen LogP) is 1.20. The molecule has 0 radical (unpaired) electrons. The van der Waals surface area contributed by atoms with E-state index >= 15 is 0 Å². The van der Waals surface area contributed by atoms with Crippen molar-refractivity contribution in [2.24, 2.45) is 0 Å². The van der Waals surface area contributed by atoms with E-state index in [1.165, 1.54) is 25.3 Å². The summed E-state index contributed by atoms with van der Waals surface area (Å²) in [6.07, 6.45) is 1.54. The lowest BCUT2D eigenvalue weighted by molar-refractivity contribution is -0.384. The number of rotatable bonds is 5. The number of carbonyl (C=O) groups excluding carboxylic acids is 1. The number of non-ortho nitro benzene ring substituents is 1. The van der Waals surface area contributed by atoms with Crippen molar-refractivity contribution in [1.29, 1.82) is 5.26 Å². The predicted molar refractivity (Wildman–Crippen MR) is 91.0 cm³/mol. The number of methoxy groups -OCH3 is 1. The van der Waals surface area contributed by atoms with Gasteiger partial charge in [0.2, 0.25) is 0 Å². The Hall–Kier alpha value is -3.12. The van der Waals surface area contributed by atoms with E-state index in [2.05, 4.69) is 10.2 Å². The SMILES string of the molecule is COc1cc([N+](=O)[O-])ccc1NC(=O)/C(C#N)=C\N1CCN(C)CC1. The highest BCUT2D eigenvalue weighted by molar-refractivity contribution is 6.07. The third-order valence-corrected chi connectivity index (χ3v) is 3.86. The summed E-state index contributed by atoms with van der Waals surface area (Å²) in [5.74, 6) is -0.437. The van der Waals surface area contributed by atoms with Gasteiger partial charge in [-0.15, -0.1) is 0 Å². The summed E-state index contributed by atoms with van der Waals surface area (Å²) in [5.41, 5.74) is 0.0749. The van der Waals surface area contributed by atoms with Crippen LogP contribution < -0.4 is 10.1 Å². The molecule has 1 saturated heterocycles. The lowest BCUT2D eigenvalue weighted by Gasteiger charge is -2.31. The van der Waals surface area contributed by atoms with E-state index in [4.69, 9.17) is 4.74 Å². The molecule has 1 N–H and O–H groups in total. The molecule has 0 aromatic heterocycles. The number of hydrogen-bond donors (Lipinski definition) is 1. The van der Waals surface area contributed by atoms with Crippen LogP contribution in [-0.4, -0.2) is 61.0 Å². The molecule has 0 saturated carbocycles. The maximum atomic E-state index is 12.3. The molecular weight excluding hydrogens is 326 g/mol. The minimum Gasteiger partial charge on any atom is -0.494 e. The number of likely N-dealkylation sites (N-methyl/N-ethyl adjacent to an activating group) is 1. The van der Waals surface area contributed by atoms with E-state index in [1.807, 2.05) is 18.0 Å². The van der Waals surface area contributed by atoms with Crippen LogP contribution >= 0.6 is 0 Å². The highest BCUT2D eigenvalue weighted by atomic mass is 16.6. The number of carbonyl (C=O) groups is 1. The Balaban J connectivity index is 2.14. The molecule has 0 atom stereocenters. The Bertz CT molecular complexity index is 733. The average Bonchev–Trinajstić information content (AvgIpc) is 2.61. The zero-order valence-corrected chi connectivity index (χ0v) is 14.1. The highest BCUT2D eigenvalue weighted by Crippen LogP contribution is 2.29. The second kappa shape index (κ2) is 8.12. The van der Waals surface area contributed by atoms with Crippen molar-refractivity contribution >= 4 is 17.3 Å². The lowest BCUT2D eigenvalue weighted by Crippen LogP contribution is -2.42. The van der Waals surface area contributed by atoms with Gasteiger partial charge in [0.25, 0.3) is 11.6 Å². The number of nitrogens with one attached hydrogen (secondary N) is 1. The van der Waals surface area contributed by atoms with Gasteiger partial charge in [0.05, 0.1) is 23.8 Å². The van der Waals surface area contributed by atoms with Crippen LogP contribution in [0.25, 0.3) is 0 Å². The number of nitro benzene ring substituents is 1. The Morgan fingerprint density at radius 1 is 1.40 bits per heavy atom. The summed E-state index contributed by atoms with van der Waals surface area (Å²) in [7, 11) is 3.36. The largest absolute Gasteiger partial charge is 0.494 e. The zero-order chi connectivity index (χ0) is 18.4. The van der Waals surface area contributed by atoms with Crippen molar-refractivity contribution in [2.45, 2.75) is 0 Å². The number of benzene rings is 1. The van der Waals surface area contributed by atoms with Crippen molar-refractivity contribution in [1.82, 2.24) is 9.80 Å². The normalized spacial score (nSPS) is 15.4. The second-order valence-electron chi connectivity index (χ2n) is 5.59. The Kier molecular flexibility index (Phi) is 5.92. The highest BCUT2D eigenvalue weighted by Gasteiger charge is 2.18. The summed E-state index contributed by atoms with van der Waals surface area (Å²) in [6.45, 7) is 3.17. The quantitative estimate of drug-likeness (QED) is 0.369. The summed E-state index contributed by atoms with van der Waals surface area (Å²) >= 11 is 0. The van der Waals surface area contributed by atoms with Gasteiger partial charge in [0.1, 0.15) is 17.4 Å². The van der Waals surface area contributed by atoms with Gasteiger partial charge in [0.15, 0.2) is 0 Å². The molecular formula is C16H19N5O4. The van der Waals surface area contributed by atoms with Crippen LogP contribution in [0.15, 0.2) is 30.0 Å². The smallest absolute Gasteiger partial charge is 0.273 e. The molecule has 0 aliphatic carbocycles. The second-order valence-corrected chi connectivity index (χ2v) is 5.59. The first-order valence-corrected chi connectivity index (χ1v) is 7.63. The maximum absolute atomic E-state index is 12.3. The van der Waals surface area contributed by atoms with Gasteiger partial charge in [-0.3, -0.25) is 14.9 Å². The monoisotopic (exact) mass is 345 g/mol. The van der Waals surface area contributed by atoms with E-state index in [-0.39, 0.29) is 22.7 Å². The van der Waals surface area contributed by atoms with Crippen molar-refractivity contribution in [3.05, 3.63) is 40.1 Å². The summed E-state index contributed by atoms with van der Waals surface area (Å²) in [4.78, 5) is 26.7. The Morgan fingerprint density at radius 2 is 2.08 bits per heavy atom. The fraction of sp³-hybridized carbons (Fsp3) is 0.375. The molecule has 25 heavy (non-hydrogen) atoms. The first kappa shape index (κ1) is 18.2. The molecule has 132 valence electrons. The number of piperazine rings is 1. The molecule has 1 heterocycles. The van der Waals surface area contributed by atoms with Gasteiger partial charge < -0.3 is 19.9 Å². The Morgan fingerprint density at radius 3 is 2.64 bits per heavy atom. The minimum atomic E-state index is -0.589. The first-order chi connectivity index (χ1) is 11.9. The van der Waals surface area contributed by atoms with Crippen LogP contribution in [0.4, 0.5) is 11.4 Å². The van der Waals surface area contributed by atoms with Gasteiger partial charge in [-0.25, -0.2) is 0 Å². The van der Waals surface area contributed by atoms with Crippen molar-refractivity contribution < 1.29 is 14.5 Å². The summed E-state index contributed by atoms with van der Waals surface area (Å²) in [5, 5.41) is 22.6. The number of nitrogens with zero attached hydrogens (tertiary/aromatic N) is 4. The van der Waals surface area contributed by atoms with Gasteiger partial charge in [-0.2, -0.15) is 5.26 Å². The van der Waals surface area contributed by atoms with Crippen LogP contribution in [0.3, 0.4) is 0 Å². The average molecular weight is 345 g/mol. The van der Waals surface area contributed by atoms with E-state index in [1.54, 1.807) is 6.20 Å². The number of anilines is 1. The van der Waals surface area contributed by atoms with Crippen LogP contribution in [0, 0.1) is 21.4 Å². The summed E-state index contributed by atoms with van der Waals surface area (Å²) in [6, 6.07) is 5.74. The number of nitriles is 1.